The number of fused-ring (bicyclic) bond motifs is 1. The van der Waals surface area contributed by atoms with E-state index in [0.29, 0.717) is 25.5 Å². The Morgan fingerprint density at radius 2 is 2.07 bits per heavy atom. The largest absolute Gasteiger partial charge is 0.492 e. The Labute approximate surface area is 166 Å². The number of aryl methyl sites for hydroxylation is 1. The number of aromatic nitrogens is 2. The van der Waals surface area contributed by atoms with Crippen molar-refractivity contribution in [1.82, 2.24) is 9.78 Å². The fraction of sp³-hybridized carbons (Fsp3) is 0.545. The minimum atomic E-state index is 0.106. The summed E-state index contributed by atoms with van der Waals surface area (Å²) < 4.78 is 7.59. The van der Waals surface area contributed by atoms with Crippen LogP contribution in [0.4, 0.5) is 5.69 Å². The van der Waals surface area contributed by atoms with E-state index in [-0.39, 0.29) is 5.91 Å². The van der Waals surface area contributed by atoms with Gasteiger partial charge in [-0.2, -0.15) is 5.10 Å². The van der Waals surface area contributed by atoms with E-state index >= 15 is 0 Å². The van der Waals surface area contributed by atoms with Gasteiger partial charge in [0.25, 0.3) is 0 Å². The molecule has 2 saturated carbocycles. The van der Waals surface area contributed by atoms with Crippen molar-refractivity contribution in [2.45, 2.75) is 38.5 Å². The van der Waals surface area contributed by atoms with Crippen molar-refractivity contribution in [2.75, 3.05) is 18.5 Å². The van der Waals surface area contributed by atoms with E-state index in [1.54, 1.807) is 10.9 Å². The summed E-state index contributed by atoms with van der Waals surface area (Å²) in [6.07, 6.45) is 8.87. The zero-order chi connectivity index (χ0) is 19.5. The second-order valence-electron chi connectivity index (χ2n) is 8.22. The number of ether oxygens (including phenoxy) is 1. The molecule has 6 heteroatoms. The first kappa shape index (κ1) is 19.0. The molecule has 1 amide bonds. The molecule has 6 nitrogen and oxygen atoms in total. The lowest BCUT2D eigenvalue weighted by atomic mass is 9.62. The zero-order valence-corrected chi connectivity index (χ0v) is 16.6. The highest BCUT2D eigenvalue weighted by atomic mass is 16.5. The van der Waals surface area contributed by atoms with E-state index in [2.05, 4.69) is 10.4 Å². The molecule has 1 heterocycles. The van der Waals surface area contributed by atoms with E-state index in [1.807, 2.05) is 31.3 Å². The van der Waals surface area contributed by atoms with Crippen molar-refractivity contribution in [3.8, 4) is 17.0 Å². The van der Waals surface area contributed by atoms with Crippen LogP contribution in [0, 0.1) is 17.8 Å². The minimum absolute atomic E-state index is 0.106. The lowest BCUT2D eigenvalue weighted by molar-refractivity contribution is -0.117. The molecule has 0 saturated heterocycles. The van der Waals surface area contributed by atoms with Crippen molar-refractivity contribution >= 4 is 11.6 Å². The SMILES string of the molecule is Cn1nccc1-c1cc(NC(=O)CC2CCC3CCC3C2)ccc1OCCN. The molecule has 0 bridgehead atoms. The van der Waals surface area contributed by atoms with Gasteiger partial charge in [0, 0.05) is 37.5 Å². The number of hydrogen-bond acceptors (Lipinski definition) is 4. The maximum Gasteiger partial charge on any atom is 0.224 e. The van der Waals surface area contributed by atoms with Crippen molar-refractivity contribution in [3.63, 3.8) is 0 Å². The quantitative estimate of drug-likeness (QED) is 0.767. The van der Waals surface area contributed by atoms with Gasteiger partial charge in [0.1, 0.15) is 12.4 Å². The fourth-order valence-corrected chi connectivity index (χ4v) is 4.72. The number of carbonyl (C=O) groups is 1. The Balaban J connectivity index is 1.45. The first-order chi connectivity index (χ1) is 13.6. The normalized spacial score (nSPS) is 23.6. The van der Waals surface area contributed by atoms with Gasteiger partial charge in [0.05, 0.1) is 5.69 Å². The van der Waals surface area contributed by atoms with Crippen molar-refractivity contribution in [2.24, 2.45) is 30.5 Å². The smallest absolute Gasteiger partial charge is 0.224 e. The monoisotopic (exact) mass is 382 g/mol. The predicted octanol–water partition coefficient (Wildman–Crippen LogP) is 3.58. The van der Waals surface area contributed by atoms with Crippen LogP contribution in [0.2, 0.25) is 0 Å². The van der Waals surface area contributed by atoms with Gasteiger partial charge in [-0.15, -0.1) is 0 Å². The van der Waals surface area contributed by atoms with Crippen molar-refractivity contribution in [3.05, 3.63) is 30.5 Å². The molecule has 0 aliphatic heterocycles. The van der Waals surface area contributed by atoms with Crippen LogP contribution < -0.4 is 15.8 Å². The number of rotatable bonds is 7. The topological polar surface area (TPSA) is 82.2 Å². The lowest BCUT2D eigenvalue weighted by Crippen LogP contribution is -2.34. The third kappa shape index (κ3) is 4.07. The molecule has 0 radical (unpaired) electrons. The molecule has 4 rings (SSSR count). The Morgan fingerprint density at radius 1 is 1.25 bits per heavy atom. The van der Waals surface area contributed by atoms with E-state index in [9.17, 15) is 4.79 Å². The summed E-state index contributed by atoms with van der Waals surface area (Å²) >= 11 is 0. The third-order valence-corrected chi connectivity index (χ3v) is 6.37. The molecule has 2 aromatic rings. The highest BCUT2D eigenvalue weighted by Crippen LogP contribution is 2.47. The second-order valence-corrected chi connectivity index (χ2v) is 8.22. The fourth-order valence-electron chi connectivity index (χ4n) is 4.72. The summed E-state index contributed by atoms with van der Waals surface area (Å²) in [4.78, 5) is 12.6. The van der Waals surface area contributed by atoms with Gasteiger partial charge in [-0.25, -0.2) is 0 Å². The van der Waals surface area contributed by atoms with E-state index in [4.69, 9.17) is 10.5 Å². The zero-order valence-electron chi connectivity index (χ0n) is 16.6. The van der Waals surface area contributed by atoms with Gasteiger partial charge < -0.3 is 15.8 Å². The first-order valence-corrected chi connectivity index (χ1v) is 10.4. The summed E-state index contributed by atoms with van der Waals surface area (Å²) in [5, 5.41) is 7.34. The van der Waals surface area contributed by atoms with Crippen LogP contribution in [0.15, 0.2) is 30.5 Å². The number of hydrogen-bond donors (Lipinski definition) is 2. The molecule has 3 N–H and O–H groups in total. The van der Waals surface area contributed by atoms with Crippen LogP contribution >= 0.6 is 0 Å². The predicted molar refractivity (Wildman–Crippen MR) is 110 cm³/mol. The molecule has 2 aliphatic carbocycles. The summed E-state index contributed by atoms with van der Waals surface area (Å²) in [5.74, 6) is 3.21. The minimum Gasteiger partial charge on any atom is -0.492 e. The number of amides is 1. The van der Waals surface area contributed by atoms with Gasteiger partial charge in [-0.05, 0) is 74.1 Å². The van der Waals surface area contributed by atoms with Gasteiger partial charge >= 0.3 is 0 Å². The third-order valence-electron chi connectivity index (χ3n) is 6.37. The van der Waals surface area contributed by atoms with Crippen molar-refractivity contribution in [1.29, 1.82) is 0 Å². The standard InChI is InChI=1S/C22H30N4O2/c1-26-20(8-10-24-26)19-14-18(6-7-21(19)28-11-9-23)25-22(27)13-15-2-3-16-4-5-17(16)12-15/h6-8,10,14-17H,2-5,9,11-13,23H2,1H3,(H,25,27). The van der Waals surface area contributed by atoms with Gasteiger partial charge in [0.15, 0.2) is 0 Å². The molecule has 3 unspecified atom stereocenters. The Kier molecular flexibility index (Phi) is 5.67. The maximum absolute atomic E-state index is 12.6. The van der Waals surface area contributed by atoms with Crippen molar-refractivity contribution < 1.29 is 9.53 Å². The van der Waals surface area contributed by atoms with Crippen LogP contribution in [-0.2, 0) is 11.8 Å². The molecule has 3 atom stereocenters. The lowest BCUT2D eigenvalue weighted by Gasteiger charge is -2.43. The number of carbonyl (C=O) groups excluding carboxylic acids is 1. The number of nitrogens with one attached hydrogen (secondary N) is 1. The molecule has 28 heavy (non-hydrogen) atoms. The molecule has 2 fully saturated rings. The van der Waals surface area contributed by atoms with Crippen LogP contribution in [0.1, 0.15) is 38.5 Å². The Bertz CT molecular complexity index is 832. The number of anilines is 1. The molecule has 1 aromatic carbocycles. The highest BCUT2D eigenvalue weighted by molar-refractivity contribution is 5.92. The maximum atomic E-state index is 12.6. The van der Waals surface area contributed by atoms with Crippen LogP contribution in [0.25, 0.3) is 11.3 Å². The molecular formula is C22H30N4O2. The Morgan fingerprint density at radius 3 is 2.75 bits per heavy atom. The summed E-state index contributed by atoms with van der Waals surface area (Å²) in [7, 11) is 1.89. The first-order valence-electron chi connectivity index (χ1n) is 10.4. The van der Waals surface area contributed by atoms with Gasteiger partial charge in [-0.3, -0.25) is 9.48 Å². The number of benzene rings is 1. The van der Waals surface area contributed by atoms with E-state index in [1.165, 1.54) is 32.1 Å². The number of nitrogens with two attached hydrogens (primary N) is 1. The highest BCUT2D eigenvalue weighted by Gasteiger charge is 2.37. The molecule has 2 aliphatic rings. The van der Waals surface area contributed by atoms with E-state index in [0.717, 1.165) is 34.5 Å². The average molecular weight is 383 g/mol. The van der Waals surface area contributed by atoms with Gasteiger partial charge in [0.2, 0.25) is 5.91 Å². The average Bonchev–Trinajstić information content (AvgIpc) is 3.08. The molecule has 150 valence electrons. The van der Waals surface area contributed by atoms with Gasteiger partial charge in [-0.1, -0.05) is 0 Å². The summed E-state index contributed by atoms with van der Waals surface area (Å²) in [5.41, 5.74) is 8.21. The van der Waals surface area contributed by atoms with Crippen LogP contribution in [0.3, 0.4) is 0 Å². The Hall–Kier alpha value is -2.34. The molecular weight excluding hydrogens is 352 g/mol. The molecule has 0 spiro atoms. The molecule has 1 aromatic heterocycles. The second kappa shape index (κ2) is 8.35. The van der Waals surface area contributed by atoms with Crippen LogP contribution in [-0.4, -0.2) is 28.8 Å². The summed E-state index contributed by atoms with van der Waals surface area (Å²) in [6.45, 7) is 0.896. The van der Waals surface area contributed by atoms with E-state index < -0.39 is 0 Å². The summed E-state index contributed by atoms with van der Waals surface area (Å²) in [6, 6.07) is 7.69. The van der Waals surface area contributed by atoms with Crippen LogP contribution in [0.5, 0.6) is 5.75 Å². The number of nitrogens with zero attached hydrogens (tertiary/aromatic N) is 2.